The predicted octanol–water partition coefficient (Wildman–Crippen LogP) is 3.92. The summed E-state index contributed by atoms with van der Waals surface area (Å²) < 4.78 is 6.17. The summed E-state index contributed by atoms with van der Waals surface area (Å²) in [5.74, 6) is 0.728. The summed E-state index contributed by atoms with van der Waals surface area (Å²) in [6.07, 6.45) is 0.819. The quantitative estimate of drug-likeness (QED) is 0.699. The van der Waals surface area contributed by atoms with Crippen LogP contribution in [0.3, 0.4) is 0 Å². The van der Waals surface area contributed by atoms with Crippen molar-refractivity contribution >= 4 is 40.7 Å². The summed E-state index contributed by atoms with van der Waals surface area (Å²) in [6.45, 7) is 9.93. The maximum atomic E-state index is 10.6. The summed E-state index contributed by atoms with van der Waals surface area (Å²) in [5, 5.41) is 13.9. The lowest BCUT2D eigenvalue weighted by molar-refractivity contribution is 0.168. The van der Waals surface area contributed by atoms with Gasteiger partial charge >= 0.3 is 0 Å². The lowest BCUT2D eigenvalue weighted by Crippen LogP contribution is -2.45. The van der Waals surface area contributed by atoms with E-state index in [1.807, 2.05) is 13.0 Å². The molecule has 1 aliphatic rings. The van der Waals surface area contributed by atoms with Gasteiger partial charge in [0.2, 0.25) is 0 Å². The Morgan fingerprint density at radius 2 is 2.00 bits per heavy atom. The Hall–Kier alpha value is -0.460. The average molecular weight is 428 g/mol. The van der Waals surface area contributed by atoms with Gasteiger partial charge in [-0.3, -0.25) is 4.90 Å². The third kappa shape index (κ3) is 5.54. The Kier molecular flexibility index (Phi) is 10.2. The van der Waals surface area contributed by atoms with Crippen LogP contribution in [0.4, 0.5) is 0 Å². The van der Waals surface area contributed by atoms with Crippen molar-refractivity contribution in [2.24, 2.45) is 0 Å². The fourth-order valence-electron chi connectivity index (χ4n) is 2.78. The van der Waals surface area contributed by atoms with Gasteiger partial charge in [0.25, 0.3) is 0 Å². The van der Waals surface area contributed by atoms with E-state index in [1.54, 1.807) is 13.2 Å². The molecule has 0 spiro atoms. The summed E-state index contributed by atoms with van der Waals surface area (Å²) in [5.41, 5.74) is 1.99. The molecule has 7 heteroatoms. The number of phenolic OH excluding ortho intramolecular Hbond substituents is 1. The first-order valence-corrected chi connectivity index (χ1v) is 7.98. The molecule has 0 saturated carbocycles. The largest absolute Gasteiger partial charge is 0.504 e. The van der Waals surface area contributed by atoms with E-state index in [1.165, 1.54) is 0 Å². The summed E-state index contributed by atoms with van der Waals surface area (Å²) in [6, 6.07) is 3.81. The van der Waals surface area contributed by atoms with Crippen molar-refractivity contribution < 1.29 is 9.84 Å². The minimum absolute atomic E-state index is 0. The Morgan fingerprint density at radius 1 is 1.39 bits per heavy atom. The summed E-state index contributed by atoms with van der Waals surface area (Å²) in [4.78, 5) is 2.39. The molecule has 0 unspecified atom stereocenters. The number of phenols is 1. The fourth-order valence-corrected chi connectivity index (χ4v) is 3.37. The van der Waals surface area contributed by atoms with Crippen LogP contribution in [0.15, 0.2) is 28.8 Å². The third-order valence-electron chi connectivity index (χ3n) is 3.81. The first-order chi connectivity index (χ1) is 10.0. The highest BCUT2D eigenvalue weighted by molar-refractivity contribution is 9.10. The zero-order chi connectivity index (χ0) is 15.4. The van der Waals surface area contributed by atoms with Crippen LogP contribution >= 0.6 is 40.7 Å². The highest BCUT2D eigenvalue weighted by Crippen LogP contribution is 2.43. The van der Waals surface area contributed by atoms with Crippen molar-refractivity contribution in [2.75, 3.05) is 33.3 Å². The van der Waals surface area contributed by atoms with Gasteiger partial charge in [-0.15, -0.1) is 31.4 Å². The van der Waals surface area contributed by atoms with Crippen molar-refractivity contribution in [3.8, 4) is 11.5 Å². The molecule has 0 aliphatic carbocycles. The van der Waals surface area contributed by atoms with Crippen molar-refractivity contribution in [3.05, 3.63) is 34.3 Å². The minimum Gasteiger partial charge on any atom is -0.504 e. The Bertz CT molecular complexity index is 523. The molecule has 1 aliphatic heterocycles. The SMILES string of the molecule is C=C(C)C[C@@H](c1c(Br)ccc(OC)c1O)N1CCNCC1.Cl.Cl. The van der Waals surface area contributed by atoms with Crippen LogP contribution in [0.1, 0.15) is 24.9 Å². The van der Waals surface area contributed by atoms with Gasteiger partial charge in [-0.2, -0.15) is 0 Å². The van der Waals surface area contributed by atoms with Crippen LogP contribution in [0.2, 0.25) is 0 Å². The molecule has 0 amide bonds. The smallest absolute Gasteiger partial charge is 0.163 e. The van der Waals surface area contributed by atoms with E-state index in [2.05, 4.69) is 32.7 Å². The second-order valence-corrected chi connectivity index (χ2v) is 6.33. The molecule has 2 N–H and O–H groups in total. The molecule has 1 aromatic rings. The Balaban J connectivity index is 0.00000242. The minimum atomic E-state index is 0. The second-order valence-electron chi connectivity index (χ2n) is 5.47. The third-order valence-corrected chi connectivity index (χ3v) is 4.51. The van der Waals surface area contributed by atoms with Gasteiger partial charge in [0.1, 0.15) is 0 Å². The number of methoxy groups -OCH3 is 1. The summed E-state index contributed by atoms with van der Waals surface area (Å²) in [7, 11) is 1.57. The first kappa shape index (κ1) is 22.5. The number of halogens is 3. The second kappa shape index (κ2) is 10.4. The molecule has 0 aromatic heterocycles. The molecule has 1 aromatic carbocycles. The Labute approximate surface area is 159 Å². The number of nitrogens with one attached hydrogen (secondary N) is 1. The van der Waals surface area contributed by atoms with Gasteiger partial charge < -0.3 is 15.2 Å². The van der Waals surface area contributed by atoms with E-state index in [9.17, 15) is 5.11 Å². The molecule has 0 bridgehead atoms. The molecule has 23 heavy (non-hydrogen) atoms. The average Bonchev–Trinajstić information content (AvgIpc) is 2.47. The van der Waals surface area contributed by atoms with E-state index in [4.69, 9.17) is 4.74 Å². The van der Waals surface area contributed by atoms with Crippen LogP contribution in [0, 0.1) is 0 Å². The lowest BCUT2D eigenvalue weighted by atomic mass is 9.96. The molecular weight excluding hydrogens is 403 g/mol. The van der Waals surface area contributed by atoms with Crippen molar-refractivity contribution in [1.82, 2.24) is 10.2 Å². The number of piperazine rings is 1. The standard InChI is InChI=1S/C16H23BrN2O2.2ClH/c1-11(2)10-13(19-8-6-18-7-9-19)15-12(17)4-5-14(21-3)16(15)20;;/h4-5,13,18,20H,1,6-10H2,2-3H3;2*1H/t13-;;/m0../s1. The van der Waals surface area contributed by atoms with Crippen LogP contribution in [-0.2, 0) is 0 Å². The molecule has 1 heterocycles. The number of hydrogen-bond acceptors (Lipinski definition) is 4. The van der Waals surface area contributed by atoms with E-state index in [0.29, 0.717) is 5.75 Å². The topological polar surface area (TPSA) is 44.7 Å². The number of benzene rings is 1. The number of aromatic hydroxyl groups is 1. The molecule has 1 saturated heterocycles. The van der Waals surface area contributed by atoms with Crippen LogP contribution in [0.5, 0.6) is 11.5 Å². The highest BCUT2D eigenvalue weighted by atomic mass is 79.9. The molecule has 4 nitrogen and oxygen atoms in total. The number of hydrogen-bond donors (Lipinski definition) is 2. The van der Waals surface area contributed by atoms with Crippen LogP contribution < -0.4 is 10.1 Å². The molecule has 1 fully saturated rings. The van der Waals surface area contributed by atoms with Gasteiger partial charge in [-0.25, -0.2) is 0 Å². The van der Waals surface area contributed by atoms with Crippen LogP contribution in [-0.4, -0.2) is 43.3 Å². The lowest BCUT2D eigenvalue weighted by Gasteiger charge is -2.36. The zero-order valence-corrected chi connectivity index (χ0v) is 16.7. The highest BCUT2D eigenvalue weighted by Gasteiger charge is 2.27. The number of rotatable bonds is 5. The van der Waals surface area contributed by atoms with Crippen molar-refractivity contribution in [1.29, 1.82) is 0 Å². The van der Waals surface area contributed by atoms with Gasteiger partial charge in [-0.05, 0) is 25.5 Å². The summed E-state index contributed by atoms with van der Waals surface area (Å²) >= 11 is 3.58. The molecule has 132 valence electrons. The maximum absolute atomic E-state index is 10.6. The first-order valence-electron chi connectivity index (χ1n) is 7.19. The molecule has 1 atom stereocenters. The van der Waals surface area contributed by atoms with E-state index in [0.717, 1.165) is 48.2 Å². The van der Waals surface area contributed by atoms with Crippen molar-refractivity contribution in [2.45, 2.75) is 19.4 Å². The molecule has 2 rings (SSSR count). The zero-order valence-electron chi connectivity index (χ0n) is 13.5. The van der Waals surface area contributed by atoms with Crippen molar-refractivity contribution in [3.63, 3.8) is 0 Å². The van der Waals surface area contributed by atoms with Gasteiger partial charge in [-0.1, -0.05) is 21.5 Å². The fraction of sp³-hybridized carbons (Fsp3) is 0.500. The monoisotopic (exact) mass is 426 g/mol. The number of ether oxygens (including phenoxy) is 1. The normalized spacial score (nSPS) is 16.0. The van der Waals surface area contributed by atoms with E-state index in [-0.39, 0.29) is 36.6 Å². The van der Waals surface area contributed by atoms with E-state index >= 15 is 0 Å². The Morgan fingerprint density at radius 3 is 2.52 bits per heavy atom. The van der Waals surface area contributed by atoms with Gasteiger partial charge in [0.15, 0.2) is 11.5 Å². The molecule has 0 radical (unpaired) electrons. The number of nitrogens with zero attached hydrogens (tertiary/aromatic N) is 1. The van der Waals surface area contributed by atoms with Gasteiger partial charge in [0, 0.05) is 42.3 Å². The predicted molar refractivity (Wildman–Crippen MR) is 103 cm³/mol. The maximum Gasteiger partial charge on any atom is 0.163 e. The van der Waals surface area contributed by atoms with E-state index < -0.39 is 0 Å². The van der Waals surface area contributed by atoms with Gasteiger partial charge in [0.05, 0.1) is 7.11 Å². The van der Waals surface area contributed by atoms with Crippen LogP contribution in [0.25, 0.3) is 0 Å². The molecular formula is C16H25BrCl2N2O2.